The quantitative estimate of drug-likeness (QED) is 0.0404. The molecule has 3 heteroatoms. The highest BCUT2D eigenvalue weighted by molar-refractivity contribution is 5.69. The van der Waals surface area contributed by atoms with Crippen molar-refractivity contribution in [3.8, 4) is 0 Å². The zero-order chi connectivity index (χ0) is 32.9. The number of allylic oxidation sites excluding steroid dienone is 8. The fraction of sp³-hybridized carbons (Fsp3) is 0.786. The maximum Gasteiger partial charge on any atom is 0.306 e. The van der Waals surface area contributed by atoms with Crippen molar-refractivity contribution in [2.45, 2.75) is 193 Å². The summed E-state index contributed by atoms with van der Waals surface area (Å²) in [7, 11) is 4.12. The lowest BCUT2D eigenvalue weighted by molar-refractivity contribution is -0.150. The van der Waals surface area contributed by atoms with E-state index in [-0.39, 0.29) is 12.1 Å². The van der Waals surface area contributed by atoms with Gasteiger partial charge in [-0.25, -0.2) is 0 Å². The van der Waals surface area contributed by atoms with Crippen molar-refractivity contribution in [3.05, 3.63) is 48.6 Å². The van der Waals surface area contributed by atoms with Crippen molar-refractivity contribution in [1.82, 2.24) is 4.90 Å². The lowest BCUT2D eigenvalue weighted by Crippen LogP contribution is -2.20. The van der Waals surface area contributed by atoms with Gasteiger partial charge in [0.2, 0.25) is 0 Å². The Hall–Kier alpha value is -1.61. The summed E-state index contributed by atoms with van der Waals surface area (Å²) < 4.78 is 5.99. The molecule has 0 rings (SSSR count). The second-order valence-corrected chi connectivity index (χ2v) is 13.4. The number of carbonyl (C=O) groups excluding carboxylic acids is 1. The van der Waals surface area contributed by atoms with E-state index in [0.717, 1.165) is 38.6 Å². The van der Waals surface area contributed by atoms with E-state index in [2.05, 4.69) is 81.5 Å². The minimum atomic E-state index is 0.00592. The van der Waals surface area contributed by atoms with Gasteiger partial charge in [-0.05, 0) is 111 Å². The molecule has 1 atom stereocenters. The molecule has 0 aromatic heterocycles. The molecular formula is C42H77NO2. The van der Waals surface area contributed by atoms with E-state index in [9.17, 15) is 4.79 Å². The van der Waals surface area contributed by atoms with Gasteiger partial charge in [0.1, 0.15) is 6.10 Å². The van der Waals surface area contributed by atoms with Crippen LogP contribution in [0.3, 0.4) is 0 Å². The van der Waals surface area contributed by atoms with Crippen molar-refractivity contribution in [3.63, 3.8) is 0 Å². The van der Waals surface area contributed by atoms with Crippen molar-refractivity contribution < 1.29 is 9.53 Å². The smallest absolute Gasteiger partial charge is 0.306 e. The summed E-state index contributed by atoms with van der Waals surface area (Å²) >= 11 is 0. The maximum absolute atomic E-state index is 12.5. The van der Waals surface area contributed by atoms with Gasteiger partial charge in [-0.1, -0.05) is 140 Å². The molecule has 0 fully saturated rings. The summed E-state index contributed by atoms with van der Waals surface area (Å²) in [5.74, 6) is 0.00592. The highest BCUT2D eigenvalue weighted by Gasteiger charge is 2.14. The molecule has 3 nitrogen and oxygen atoms in total. The van der Waals surface area contributed by atoms with E-state index in [0.29, 0.717) is 6.42 Å². The van der Waals surface area contributed by atoms with Crippen LogP contribution in [-0.2, 0) is 9.53 Å². The molecule has 0 aliphatic carbocycles. The molecule has 0 aromatic rings. The Kier molecular flexibility index (Phi) is 35.5. The Morgan fingerprint density at radius 1 is 0.511 bits per heavy atom. The zero-order valence-corrected chi connectivity index (χ0v) is 30.8. The number of carbonyl (C=O) groups is 1. The van der Waals surface area contributed by atoms with Crippen LogP contribution in [0.25, 0.3) is 0 Å². The van der Waals surface area contributed by atoms with Crippen LogP contribution in [0.2, 0.25) is 0 Å². The number of esters is 1. The summed E-state index contributed by atoms with van der Waals surface area (Å²) in [6, 6.07) is 0. The summed E-state index contributed by atoms with van der Waals surface area (Å²) in [6.45, 7) is 5.45. The largest absolute Gasteiger partial charge is 0.462 e. The minimum absolute atomic E-state index is 0.00592. The predicted octanol–water partition coefficient (Wildman–Crippen LogP) is 13.3. The minimum Gasteiger partial charge on any atom is -0.462 e. The van der Waals surface area contributed by atoms with Crippen molar-refractivity contribution >= 4 is 5.97 Å². The van der Waals surface area contributed by atoms with E-state index in [1.807, 2.05) is 0 Å². The number of rotatable bonds is 34. The average molecular weight is 628 g/mol. The van der Waals surface area contributed by atoms with Gasteiger partial charge in [-0.2, -0.15) is 0 Å². The van der Waals surface area contributed by atoms with Gasteiger partial charge < -0.3 is 9.64 Å². The van der Waals surface area contributed by atoms with Crippen LogP contribution in [0, 0.1) is 0 Å². The van der Waals surface area contributed by atoms with Crippen LogP contribution in [0.1, 0.15) is 187 Å². The second kappa shape index (κ2) is 36.9. The predicted molar refractivity (Wildman–Crippen MR) is 201 cm³/mol. The summed E-state index contributed by atoms with van der Waals surface area (Å²) in [5.41, 5.74) is 0. The lowest BCUT2D eigenvalue weighted by atomic mass is 10.0. The molecule has 0 aromatic carbocycles. The molecule has 262 valence electrons. The van der Waals surface area contributed by atoms with Gasteiger partial charge in [-0.15, -0.1) is 0 Å². The second-order valence-electron chi connectivity index (χ2n) is 13.4. The van der Waals surface area contributed by atoms with Crippen LogP contribution >= 0.6 is 0 Å². The molecule has 0 saturated carbocycles. The normalized spacial score (nSPS) is 13.0. The highest BCUT2D eigenvalue weighted by atomic mass is 16.5. The molecular weight excluding hydrogens is 550 g/mol. The Balaban J connectivity index is 4.02. The molecule has 0 N–H and O–H groups in total. The lowest BCUT2D eigenvalue weighted by Gasteiger charge is -2.18. The molecule has 0 spiro atoms. The number of unbranched alkanes of at least 4 members (excludes halogenated alkanes) is 17. The molecule has 0 amide bonds. The Labute approximate surface area is 282 Å². The third-order valence-corrected chi connectivity index (χ3v) is 8.49. The fourth-order valence-electron chi connectivity index (χ4n) is 5.58. The number of hydrogen-bond acceptors (Lipinski definition) is 3. The van der Waals surface area contributed by atoms with Crippen molar-refractivity contribution in [2.75, 3.05) is 20.6 Å². The fourth-order valence-corrected chi connectivity index (χ4v) is 5.58. The number of ether oxygens (including phenoxy) is 1. The van der Waals surface area contributed by atoms with Gasteiger partial charge in [0.05, 0.1) is 0 Å². The standard InChI is InChI=1S/C42H77NO2/c1-5-7-9-11-13-15-17-19-21-23-25-27-29-31-33-35-38-41(45-42(44)39-36-40-43(3)4)37-34-32-30-28-26-24-22-20-18-16-14-12-10-8-6-2/h12-15,18-21,41H,5-11,16-17,22-40H2,1-4H3/b14-12+,15-13+,20-18+,21-19+. The molecule has 0 aliphatic rings. The first kappa shape index (κ1) is 43.4. The van der Waals surface area contributed by atoms with Gasteiger partial charge >= 0.3 is 5.97 Å². The SMILES string of the molecule is CCCC/C=C/C/C=C/CCCCCCCCC(CCCCCCCC/C=C/C/C=C/CCCCC)OC(=O)CCCN(C)C. The van der Waals surface area contributed by atoms with E-state index >= 15 is 0 Å². The number of nitrogens with zero attached hydrogens (tertiary/aromatic N) is 1. The Morgan fingerprint density at radius 3 is 1.36 bits per heavy atom. The molecule has 0 heterocycles. The molecule has 0 saturated heterocycles. The van der Waals surface area contributed by atoms with E-state index in [4.69, 9.17) is 4.74 Å². The van der Waals surface area contributed by atoms with Crippen LogP contribution < -0.4 is 0 Å². The molecule has 1 unspecified atom stereocenters. The maximum atomic E-state index is 12.5. The molecule has 0 bridgehead atoms. The van der Waals surface area contributed by atoms with Gasteiger partial charge in [0.15, 0.2) is 0 Å². The third kappa shape index (κ3) is 36.7. The van der Waals surface area contributed by atoms with Gasteiger partial charge in [-0.3, -0.25) is 4.79 Å². The van der Waals surface area contributed by atoms with Gasteiger partial charge in [0, 0.05) is 6.42 Å². The monoisotopic (exact) mass is 628 g/mol. The number of hydrogen-bond donors (Lipinski definition) is 0. The first-order chi connectivity index (χ1) is 22.1. The average Bonchev–Trinajstić information content (AvgIpc) is 3.02. The molecule has 45 heavy (non-hydrogen) atoms. The summed E-state index contributed by atoms with van der Waals surface area (Å²) in [4.78, 5) is 14.6. The summed E-state index contributed by atoms with van der Waals surface area (Å²) in [5, 5.41) is 0. The summed E-state index contributed by atoms with van der Waals surface area (Å²) in [6.07, 6.45) is 51.3. The van der Waals surface area contributed by atoms with Crippen molar-refractivity contribution in [2.24, 2.45) is 0 Å². The van der Waals surface area contributed by atoms with Crippen LogP contribution in [0.4, 0.5) is 0 Å². The first-order valence-electron chi connectivity index (χ1n) is 19.5. The Morgan fingerprint density at radius 2 is 0.911 bits per heavy atom. The third-order valence-electron chi connectivity index (χ3n) is 8.49. The molecule has 0 radical (unpaired) electrons. The van der Waals surface area contributed by atoms with Crippen LogP contribution in [0.5, 0.6) is 0 Å². The molecule has 0 aliphatic heterocycles. The van der Waals surface area contributed by atoms with E-state index < -0.39 is 0 Å². The van der Waals surface area contributed by atoms with E-state index in [1.165, 1.54) is 135 Å². The first-order valence-corrected chi connectivity index (χ1v) is 19.5. The van der Waals surface area contributed by atoms with E-state index in [1.54, 1.807) is 0 Å². The van der Waals surface area contributed by atoms with Crippen LogP contribution in [0.15, 0.2) is 48.6 Å². The highest BCUT2D eigenvalue weighted by Crippen LogP contribution is 2.18. The Bertz CT molecular complexity index is 720. The van der Waals surface area contributed by atoms with Crippen LogP contribution in [-0.4, -0.2) is 37.6 Å². The zero-order valence-electron chi connectivity index (χ0n) is 30.8. The van der Waals surface area contributed by atoms with Crippen molar-refractivity contribution in [1.29, 1.82) is 0 Å². The topological polar surface area (TPSA) is 29.5 Å². The van der Waals surface area contributed by atoms with Gasteiger partial charge in [0.25, 0.3) is 0 Å².